The van der Waals surface area contributed by atoms with Crippen LogP contribution in [0.4, 0.5) is 17.1 Å². The molecular weight excluding hydrogens is 642 g/mol. The quantitative estimate of drug-likeness (QED) is 0.0927. The molecule has 20 heteroatoms. The van der Waals surface area contributed by atoms with Crippen molar-refractivity contribution in [3.63, 3.8) is 0 Å². The molecule has 0 saturated heterocycles. The molecule has 0 unspecified atom stereocenters. The average molecular weight is 666 g/mol. The van der Waals surface area contributed by atoms with E-state index in [-0.39, 0.29) is 32.1 Å². The molecule has 0 atom stereocenters. The fourth-order valence-electron chi connectivity index (χ4n) is 2.89. The van der Waals surface area contributed by atoms with E-state index in [4.69, 9.17) is 29.8 Å². The van der Waals surface area contributed by atoms with Crippen LogP contribution in [-0.4, -0.2) is 68.2 Å². The second-order valence-electron chi connectivity index (χ2n) is 7.55. The Labute approximate surface area is 248 Å². The van der Waals surface area contributed by atoms with Crippen LogP contribution >= 0.6 is 10.7 Å². The lowest BCUT2D eigenvalue weighted by molar-refractivity contribution is -0.388. The molecule has 3 aromatic rings. The van der Waals surface area contributed by atoms with Gasteiger partial charge in [0.25, 0.3) is 26.1 Å². The van der Waals surface area contributed by atoms with Crippen molar-refractivity contribution in [2.24, 2.45) is 0 Å². The Hall–Kier alpha value is -4.11. The van der Waals surface area contributed by atoms with E-state index in [1.807, 2.05) is 0 Å². The second kappa shape index (κ2) is 17.8. The van der Waals surface area contributed by atoms with Crippen molar-refractivity contribution in [3.8, 4) is 0 Å². The van der Waals surface area contributed by atoms with Gasteiger partial charge in [0, 0.05) is 28.9 Å². The number of nitrogens with zero attached hydrogens (tertiary/aromatic N) is 3. The molecule has 234 valence electrons. The number of halogens is 1. The summed E-state index contributed by atoms with van der Waals surface area (Å²) in [4.78, 5) is 28.9. The molecular formula is C23H24ClN3O14S2. The maximum absolute atomic E-state index is 12.1. The van der Waals surface area contributed by atoms with Crippen LogP contribution < -0.4 is 0 Å². The molecule has 43 heavy (non-hydrogen) atoms. The standard InChI is InChI=1S/C15H14N2O8S.C6H4ClNO4S.C2H6O2/c18-16(19)13-6-2-1-5-12(13)11-24-9-10-25-26(22,23)15-8-4-3-7-14(15)17(20)21;7-13(11,12)6-4-2-1-3-5(6)8(9)10;3-1-2-4/h1-8H,9-11H2;1-4H;3-4H,1-2H2. The number of ether oxygens (including phenoxy) is 1. The summed E-state index contributed by atoms with van der Waals surface area (Å²) in [6, 6.07) is 15.7. The Balaban J connectivity index is 0.000000451. The lowest BCUT2D eigenvalue weighted by atomic mass is 10.2. The summed E-state index contributed by atoms with van der Waals surface area (Å²) in [6.45, 7) is -0.924. The molecule has 17 nitrogen and oxygen atoms in total. The molecule has 0 heterocycles. The van der Waals surface area contributed by atoms with Crippen molar-refractivity contribution >= 4 is 46.9 Å². The van der Waals surface area contributed by atoms with Crippen LogP contribution in [0.2, 0.25) is 0 Å². The van der Waals surface area contributed by atoms with Crippen LogP contribution in [0.15, 0.2) is 82.6 Å². The topological polar surface area (TPSA) is 257 Å². The highest BCUT2D eigenvalue weighted by Gasteiger charge is 2.26. The van der Waals surface area contributed by atoms with Gasteiger partial charge in [-0.15, -0.1) is 0 Å². The van der Waals surface area contributed by atoms with Gasteiger partial charge in [0.2, 0.25) is 0 Å². The third-order valence-corrected chi connectivity index (χ3v) is 7.40. The van der Waals surface area contributed by atoms with Crippen LogP contribution in [0, 0.1) is 30.3 Å². The number of hydrogen-bond acceptors (Lipinski definition) is 14. The Morgan fingerprint density at radius 1 is 0.651 bits per heavy atom. The van der Waals surface area contributed by atoms with Crippen molar-refractivity contribution < 1.29 is 50.7 Å². The summed E-state index contributed by atoms with van der Waals surface area (Å²) < 4.78 is 55.7. The second-order valence-corrected chi connectivity index (χ2v) is 11.7. The van der Waals surface area contributed by atoms with Gasteiger partial charge in [-0.05, 0) is 18.2 Å². The molecule has 0 aliphatic rings. The zero-order valence-corrected chi connectivity index (χ0v) is 24.2. The third-order valence-electron chi connectivity index (χ3n) is 4.67. The highest BCUT2D eigenvalue weighted by Crippen LogP contribution is 2.26. The lowest BCUT2D eigenvalue weighted by Crippen LogP contribution is -2.13. The van der Waals surface area contributed by atoms with Gasteiger partial charge < -0.3 is 14.9 Å². The van der Waals surface area contributed by atoms with E-state index >= 15 is 0 Å². The summed E-state index contributed by atoms with van der Waals surface area (Å²) in [6.07, 6.45) is 0. The van der Waals surface area contributed by atoms with Gasteiger partial charge in [-0.2, -0.15) is 8.42 Å². The van der Waals surface area contributed by atoms with Crippen LogP contribution in [0.1, 0.15) is 5.56 Å². The monoisotopic (exact) mass is 665 g/mol. The minimum Gasteiger partial charge on any atom is -0.394 e. The highest BCUT2D eigenvalue weighted by molar-refractivity contribution is 8.13. The molecule has 0 bridgehead atoms. The summed E-state index contributed by atoms with van der Waals surface area (Å²) in [5.74, 6) is 0. The summed E-state index contributed by atoms with van der Waals surface area (Å²) in [5, 5.41) is 47.4. The number of benzene rings is 3. The number of nitro benzene ring substituents is 3. The van der Waals surface area contributed by atoms with Crippen molar-refractivity contribution in [1.82, 2.24) is 0 Å². The maximum atomic E-state index is 12.1. The minimum absolute atomic E-state index is 0.105. The first-order valence-electron chi connectivity index (χ1n) is 11.5. The maximum Gasteiger partial charge on any atom is 0.303 e. The third kappa shape index (κ3) is 12.3. The predicted octanol–water partition coefficient (Wildman–Crippen LogP) is 2.92. The fraction of sp³-hybridized carbons (Fsp3) is 0.217. The Morgan fingerprint density at radius 2 is 1.07 bits per heavy atom. The van der Waals surface area contributed by atoms with Crippen molar-refractivity contribution in [2.75, 3.05) is 26.4 Å². The predicted molar refractivity (Wildman–Crippen MR) is 149 cm³/mol. The van der Waals surface area contributed by atoms with E-state index in [9.17, 15) is 47.2 Å². The number of aliphatic hydroxyl groups is 2. The fourth-order valence-corrected chi connectivity index (χ4v) is 4.98. The zero-order chi connectivity index (χ0) is 32.6. The average Bonchev–Trinajstić information content (AvgIpc) is 2.97. The molecule has 0 amide bonds. The Kier molecular flexibility index (Phi) is 15.2. The number of nitro groups is 3. The molecule has 0 aromatic heterocycles. The Bertz CT molecular complexity index is 1620. The first kappa shape index (κ1) is 36.9. The zero-order valence-electron chi connectivity index (χ0n) is 21.8. The van der Waals surface area contributed by atoms with Gasteiger partial charge in [-0.1, -0.05) is 36.4 Å². The van der Waals surface area contributed by atoms with Gasteiger partial charge in [-0.25, -0.2) is 8.42 Å². The van der Waals surface area contributed by atoms with Crippen LogP contribution in [0.5, 0.6) is 0 Å². The summed E-state index contributed by atoms with van der Waals surface area (Å²) in [5.41, 5.74) is -0.883. The SMILES string of the molecule is O=[N+]([O-])c1ccccc1COCCOS(=O)(=O)c1ccccc1[N+](=O)[O-].O=[N+]([O-])c1ccccc1S(=O)(=O)Cl.OCCO. The molecule has 0 aliphatic heterocycles. The molecule has 0 fully saturated rings. The lowest BCUT2D eigenvalue weighted by Gasteiger charge is -2.07. The molecule has 0 radical (unpaired) electrons. The van der Waals surface area contributed by atoms with Gasteiger partial charge in [0.05, 0.1) is 53.4 Å². The van der Waals surface area contributed by atoms with E-state index in [1.165, 1.54) is 42.5 Å². The van der Waals surface area contributed by atoms with Crippen molar-refractivity contribution in [2.45, 2.75) is 16.4 Å². The number of hydrogen-bond donors (Lipinski definition) is 2. The van der Waals surface area contributed by atoms with E-state index < -0.39 is 61.7 Å². The van der Waals surface area contributed by atoms with E-state index in [2.05, 4.69) is 0 Å². The Morgan fingerprint density at radius 3 is 1.51 bits per heavy atom. The van der Waals surface area contributed by atoms with Crippen LogP contribution in [-0.2, 0) is 34.7 Å². The van der Waals surface area contributed by atoms with E-state index in [1.54, 1.807) is 6.07 Å². The summed E-state index contributed by atoms with van der Waals surface area (Å²) in [7, 11) is -3.40. The van der Waals surface area contributed by atoms with Gasteiger partial charge in [0.15, 0.2) is 9.79 Å². The normalized spacial score (nSPS) is 10.9. The van der Waals surface area contributed by atoms with Crippen LogP contribution in [0.25, 0.3) is 0 Å². The molecule has 0 aliphatic carbocycles. The molecule has 0 saturated carbocycles. The van der Waals surface area contributed by atoms with Gasteiger partial charge in [-0.3, -0.25) is 34.5 Å². The van der Waals surface area contributed by atoms with Crippen LogP contribution in [0.3, 0.4) is 0 Å². The van der Waals surface area contributed by atoms with Crippen molar-refractivity contribution in [1.29, 1.82) is 0 Å². The van der Waals surface area contributed by atoms with E-state index in [0.717, 1.165) is 24.3 Å². The number of para-hydroxylation sites is 3. The highest BCUT2D eigenvalue weighted by atomic mass is 35.7. The molecule has 3 rings (SSSR count). The molecule has 0 spiro atoms. The number of aliphatic hydroxyl groups excluding tert-OH is 2. The van der Waals surface area contributed by atoms with Gasteiger partial charge in [0.1, 0.15) is 0 Å². The molecule has 2 N–H and O–H groups in total. The first-order valence-corrected chi connectivity index (χ1v) is 15.2. The minimum atomic E-state index is -4.33. The largest absolute Gasteiger partial charge is 0.394 e. The van der Waals surface area contributed by atoms with Crippen molar-refractivity contribution in [3.05, 3.63) is 109 Å². The van der Waals surface area contributed by atoms with E-state index in [0.29, 0.717) is 5.56 Å². The summed E-state index contributed by atoms with van der Waals surface area (Å²) >= 11 is 0. The van der Waals surface area contributed by atoms with Gasteiger partial charge >= 0.3 is 10.1 Å². The molecule has 3 aromatic carbocycles. The first-order chi connectivity index (χ1) is 20.2. The smallest absolute Gasteiger partial charge is 0.303 e. The number of rotatable bonds is 12.